The summed E-state index contributed by atoms with van der Waals surface area (Å²) in [7, 11) is 0. The molecule has 0 fully saturated rings. The minimum absolute atomic E-state index is 0.371. The molecule has 0 heterocycles. The summed E-state index contributed by atoms with van der Waals surface area (Å²) in [6.07, 6.45) is 75.6. The molecule has 4 atom stereocenters. The lowest BCUT2D eigenvalue weighted by Crippen LogP contribution is -2.53. The van der Waals surface area contributed by atoms with Gasteiger partial charge in [0.1, 0.15) is 12.2 Å². The minimum atomic E-state index is -1.26. The topological polar surface area (TPSA) is 110 Å². The van der Waals surface area contributed by atoms with Gasteiger partial charge in [-0.05, 0) is 44.9 Å². The average molecular weight is 1020 g/mol. The first-order valence-electron chi connectivity index (χ1n) is 32.7. The summed E-state index contributed by atoms with van der Waals surface area (Å²) in [6, 6.07) is -0.986. The van der Waals surface area contributed by atoms with Crippen LogP contribution in [0.5, 0.6) is 0 Å². The van der Waals surface area contributed by atoms with Crippen molar-refractivity contribution in [1.29, 1.82) is 0 Å². The van der Waals surface area contributed by atoms with E-state index < -0.39 is 36.9 Å². The van der Waals surface area contributed by atoms with Crippen LogP contribution in [0.25, 0.3) is 0 Å². The Bertz CT molecular complexity index is 1100. The van der Waals surface area contributed by atoms with Crippen molar-refractivity contribution < 1.29 is 25.2 Å². The van der Waals surface area contributed by atoms with E-state index in [1.54, 1.807) is 0 Å². The first-order valence-corrected chi connectivity index (χ1v) is 32.7. The predicted molar refractivity (Wildman–Crippen MR) is 316 cm³/mol. The number of rotatable bonds is 61. The molecule has 0 saturated carbocycles. The van der Waals surface area contributed by atoms with Gasteiger partial charge in [0.25, 0.3) is 0 Å². The van der Waals surface area contributed by atoms with Gasteiger partial charge < -0.3 is 25.7 Å². The molecule has 428 valence electrons. The Balaban J connectivity index is 3.57. The summed E-state index contributed by atoms with van der Waals surface area (Å²) < 4.78 is 0. The summed E-state index contributed by atoms with van der Waals surface area (Å²) in [6.45, 7) is 4.10. The fourth-order valence-corrected chi connectivity index (χ4v) is 10.6. The van der Waals surface area contributed by atoms with Gasteiger partial charge in [-0.1, -0.05) is 340 Å². The molecule has 4 unspecified atom stereocenters. The Morgan fingerprint density at radius 2 is 0.597 bits per heavy atom. The SMILES string of the molecule is CCCCCCCCCCC/C=C\C/C=C\CCCCCCCCCCCCCCCCC(O)C(=O)NC(CO)C(O)C(O)CCCCCCCCCCCCCCCCCCCCCCCCCCCC. The van der Waals surface area contributed by atoms with E-state index in [2.05, 4.69) is 43.5 Å². The van der Waals surface area contributed by atoms with E-state index in [9.17, 15) is 25.2 Å². The molecule has 6 heteroatoms. The lowest BCUT2D eigenvalue weighted by atomic mass is 9.99. The van der Waals surface area contributed by atoms with Crippen LogP contribution in [0.1, 0.15) is 361 Å². The van der Waals surface area contributed by atoms with Gasteiger partial charge in [-0.25, -0.2) is 0 Å². The van der Waals surface area contributed by atoms with Gasteiger partial charge in [-0.3, -0.25) is 4.79 Å². The van der Waals surface area contributed by atoms with Crippen LogP contribution < -0.4 is 5.32 Å². The van der Waals surface area contributed by atoms with Crippen LogP contribution in [0.4, 0.5) is 0 Å². The van der Waals surface area contributed by atoms with Crippen LogP contribution in [0.3, 0.4) is 0 Å². The quantitative estimate of drug-likeness (QED) is 0.0308. The Labute approximate surface area is 450 Å². The van der Waals surface area contributed by atoms with E-state index in [1.165, 1.54) is 289 Å². The summed E-state index contributed by atoms with van der Waals surface area (Å²) >= 11 is 0. The molecule has 0 rings (SSSR count). The lowest BCUT2D eigenvalue weighted by Gasteiger charge is -2.27. The number of aliphatic hydroxyl groups is 4. The number of nitrogens with one attached hydrogen (secondary N) is 1. The fraction of sp³-hybridized carbons (Fsp3) is 0.924. The number of carbonyl (C=O) groups is 1. The number of carbonyl (C=O) groups excluding carboxylic acids is 1. The molecule has 0 aromatic rings. The van der Waals surface area contributed by atoms with Crippen molar-refractivity contribution >= 4 is 5.91 Å². The molecule has 0 bridgehead atoms. The van der Waals surface area contributed by atoms with Crippen LogP contribution in [0.15, 0.2) is 24.3 Å². The molecule has 72 heavy (non-hydrogen) atoms. The van der Waals surface area contributed by atoms with Gasteiger partial charge in [0, 0.05) is 0 Å². The number of amides is 1. The van der Waals surface area contributed by atoms with Gasteiger partial charge in [0.05, 0.1) is 18.8 Å². The van der Waals surface area contributed by atoms with E-state index >= 15 is 0 Å². The van der Waals surface area contributed by atoms with Gasteiger partial charge in [0.2, 0.25) is 5.91 Å². The van der Waals surface area contributed by atoms with Crippen molar-refractivity contribution in [3.05, 3.63) is 24.3 Å². The van der Waals surface area contributed by atoms with E-state index in [4.69, 9.17) is 0 Å². The molecule has 0 spiro atoms. The summed E-state index contributed by atoms with van der Waals surface area (Å²) in [5.41, 5.74) is 0. The van der Waals surface area contributed by atoms with E-state index in [-0.39, 0.29) is 0 Å². The standard InChI is InChI=1S/C66H129NO5/c1-3-5-7-9-11-13-15-17-19-21-23-25-27-29-31-32-33-34-36-38-40-42-44-46-48-50-52-54-56-58-60-64(70)66(72)67-62(61-68)65(71)63(69)59-57-55-53-51-49-47-45-43-41-39-37-35-30-28-26-24-22-20-18-16-14-12-10-8-6-4-2/h23,25,29,31,62-65,68-71H,3-22,24,26-28,30,32-61H2,1-2H3,(H,67,72)/b25-23-,31-29-. The van der Waals surface area contributed by atoms with Crippen LogP contribution >= 0.6 is 0 Å². The molecular formula is C66H129NO5. The first-order chi connectivity index (χ1) is 35.5. The van der Waals surface area contributed by atoms with Gasteiger partial charge >= 0.3 is 0 Å². The van der Waals surface area contributed by atoms with Crippen molar-refractivity contribution in [2.45, 2.75) is 385 Å². The number of aliphatic hydroxyl groups excluding tert-OH is 4. The number of allylic oxidation sites excluding steroid dienone is 4. The third-order valence-electron chi connectivity index (χ3n) is 15.7. The fourth-order valence-electron chi connectivity index (χ4n) is 10.6. The van der Waals surface area contributed by atoms with Crippen LogP contribution in [0.2, 0.25) is 0 Å². The average Bonchev–Trinajstić information content (AvgIpc) is 3.39. The predicted octanol–water partition coefficient (Wildman–Crippen LogP) is 19.8. The maximum Gasteiger partial charge on any atom is 0.249 e. The van der Waals surface area contributed by atoms with Crippen molar-refractivity contribution in [2.24, 2.45) is 0 Å². The molecule has 0 aromatic carbocycles. The van der Waals surface area contributed by atoms with Crippen LogP contribution in [-0.4, -0.2) is 57.3 Å². The summed E-state index contributed by atoms with van der Waals surface area (Å²) in [4.78, 5) is 12.6. The zero-order valence-corrected chi connectivity index (χ0v) is 48.7. The molecule has 0 aliphatic carbocycles. The molecule has 5 N–H and O–H groups in total. The normalized spacial score (nSPS) is 13.7. The van der Waals surface area contributed by atoms with Crippen LogP contribution in [-0.2, 0) is 4.79 Å². The van der Waals surface area contributed by atoms with E-state index in [0.29, 0.717) is 12.8 Å². The molecule has 0 aromatic heterocycles. The van der Waals surface area contributed by atoms with Crippen molar-refractivity contribution in [2.75, 3.05) is 6.61 Å². The van der Waals surface area contributed by atoms with Crippen molar-refractivity contribution in [3.63, 3.8) is 0 Å². The first kappa shape index (κ1) is 70.8. The molecule has 6 nitrogen and oxygen atoms in total. The lowest BCUT2D eigenvalue weighted by molar-refractivity contribution is -0.132. The van der Waals surface area contributed by atoms with Gasteiger partial charge in [0.15, 0.2) is 0 Å². The summed E-state index contributed by atoms with van der Waals surface area (Å²) in [5.74, 6) is -0.578. The highest BCUT2D eigenvalue weighted by atomic mass is 16.3. The van der Waals surface area contributed by atoms with Crippen molar-refractivity contribution in [3.8, 4) is 0 Å². The highest BCUT2D eigenvalue weighted by Crippen LogP contribution is 2.19. The zero-order valence-electron chi connectivity index (χ0n) is 48.7. The van der Waals surface area contributed by atoms with Crippen LogP contribution in [0, 0.1) is 0 Å². The van der Waals surface area contributed by atoms with E-state index in [1.807, 2.05) is 0 Å². The third kappa shape index (κ3) is 53.6. The second-order valence-corrected chi connectivity index (χ2v) is 22.8. The Kier molecular flexibility index (Phi) is 59.6. The molecule has 0 aliphatic heterocycles. The summed E-state index contributed by atoms with van der Waals surface area (Å²) in [5, 5.41) is 44.2. The molecular weight excluding hydrogens is 887 g/mol. The largest absolute Gasteiger partial charge is 0.394 e. The number of hydrogen-bond acceptors (Lipinski definition) is 5. The minimum Gasteiger partial charge on any atom is -0.394 e. The molecule has 0 aliphatic rings. The number of unbranched alkanes of at least 4 members (excludes halogenated alkanes) is 48. The molecule has 0 saturated heterocycles. The Morgan fingerprint density at radius 1 is 0.347 bits per heavy atom. The number of hydrogen-bond donors (Lipinski definition) is 5. The second-order valence-electron chi connectivity index (χ2n) is 22.8. The smallest absolute Gasteiger partial charge is 0.249 e. The maximum absolute atomic E-state index is 12.6. The third-order valence-corrected chi connectivity index (χ3v) is 15.7. The van der Waals surface area contributed by atoms with Gasteiger partial charge in [-0.2, -0.15) is 0 Å². The van der Waals surface area contributed by atoms with E-state index in [0.717, 1.165) is 44.9 Å². The molecule has 1 amide bonds. The Morgan fingerprint density at radius 3 is 0.875 bits per heavy atom. The second kappa shape index (κ2) is 60.7. The van der Waals surface area contributed by atoms with Gasteiger partial charge in [-0.15, -0.1) is 0 Å². The van der Waals surface area contributed by atoms with Crippen molar-refractivity contribution in [1.82, 2.24) is 5.32 Å². The zero-order chi connectivity index (χ0) is 52.3. The highest BCUT2D eigenvalue weighted by molar-refractivity contribution is 5.80. The monoisotopic (exact) mass is 1020 g/mol. The molecule has 0 radical (unpaired) electrons. The Hall–Kier alpha value is -1.21. The maximum atomic E-state index is 12.6. The highest BCUT2D eigenvalue weighted by Gasteiger charge is 2.28.